The van der Waals surface area contributed by atoms with Crippen molar-refractivity contribution in [3.63, 3.8) is 0 Å². The molecule has 0 aliphatic carbocycles. The molecule has 5 nitrogen and oxygen atoms in total. The van der Waals surface area contributed by atoms with E-state index in [4.69, 9.17) is 0 Å². The summed E-state index contributed by atoms with van der Waals surface area (Å²) in [5.74, 6) is 0.934. The van der Waals surface area contributed by atoms with E-state index in [0.717, 1.165) is 29.4 Å². The molecule has 0 atom stereocenters. The fourth-order valence-corrected chi connectivity index (χ4v) is 2.92. The molecule has 2 heterocycles. The van der Waals surface area contributed by atoms with E-state index < -0.39 is 0 Å². The first-order chi connectivity index (χ1) is 9.20. The van der Waals surface area contributed by atoms with Gasteiger partial charge in [-0.25, -0.2) is 0 Å². The lowest BCUT2D eigenvalue weighted by Gasteiger charge is -2.26. The van der Waals surface area contributed by atoms with E-state index in [-0.39, 0.29) is 11.8 Å². The molecule has 2 aliphatic heterocycles. The van der Waals surface area contributed by atoms with E-state index in [0.29, 0.717) is 18.1 Å². The summed E-state index contributed by atoms with van der Waals surface area (Å²) in [6.45, 7) is 1.84. The monoisotopic (exact) mass is 277 g/mol. The summed E-state index contributed by atoms with van der Waals surface area (Å²) >= 11 is 1.51. The summed E-state index contributed by atoms with van der Waals surface area (Å²) in [5.41, 5.74) is 1.52. The number of hydrogen-bond acceptors (Lipinski definition) is 4. The molecule has 1 aromatic carbocycles. The molecule has 2 aliphatic rings. The van der Waals surface area contributed by atoms with Crippen molar-refractivity contribution in [2.75, 3.05) is 29.5 Å². The van der Waals surface area contributed by atoms with Gasteiger partial charge in [0.1, 0.15) is 0 Å². The second-order valence-corrected chi connectivity index (χ2v) is 5.84. The van der Waals surface area contributed by atoms with Crippen LogP contribution in [0.3, 0.4) is 0 Å². The van der Waals surface area contributed by atoms with Crippen molar-refractivity contribution in [2.45, 2.75) is 11.3 Å². The maximum absolute atomic E-state index is 11.8. The van der Waals surface area contributed by atoms with Gasteiger partial charge in [-0.1, -0.05) is 0 Å². The Morgan fingerprint density at radius 2 is 2.26 bits per heavy atom. The van der Waals surface area contributed by atoms with Gasteiger partial charge in [0.15, 0.2) is 0 Å². The van der Waals surface area contributed by atoms with Gasteiger partial charge >= 0.3 is 0 Å². The van der Waals surface area contributed by atoms with Crippen molar-refractivity contribution >= 4 is 35.0 Å². The smallest absolute Gasteiger partial charge is 0.234 e. The Morgan fingerprint density at radius 3 is 3.00 bits per heavy atom. The minimum absolute atomic E-state index is 0.00141. The van der Waals surface area contributed by atoms with Crippen LogP contribution in [-0.4, -0.2) is 30.7 Å². The molecule has 1 aromatic rings. The second-order valence-electron chi connectivity index (χ2n) is 4.82. The molecule has 0 aromatic heterocycles. The van der Waals surface area contributed by atoms with Crippen LogP contribution in [0.15, 0.2) is 23.1 Å². The fraction of sp³-hybridized carbons (Fsp3) is 0.385. The fourth-order valence-electron chi connectivity index (χ4n) is 2.13. The lowest BCUT2D eigenvalue weighted by molar-refractivity contribution is -0.117. The Hall–Kier alpha value is -1.53. The van der Waals surface area contributed by atoms with Gasteiger partial charge in [0.05, 0.1) is 11.4 Å². The highest BCUT2D eigenvalue weighted by Gasteiger charge is 2.20. The molecule has 3 rings (SSSR count). The van der Waals surface area contributed by atoms with Crippen LogP contribution in [0.1, 0.15) is 6.42 Å². The van der Waals surface area contributed by atoms with Crippen LogP contribution in [0.5, 0.6) is 0 Å². The number of rotatable bonds is 3. The summed E-state index contributed by atoms with van der Waals surface area (Å²) in [5, 5.41) is 8.84. The minimum atomic E-state index is 0.00141. The summed E-state index contributed by atoms with van der Waals surface area (Å²) in [7, 11) is 0. The Morgan fingerprint density at radius 1 is 1.42 bits per heavy atom. The Balaban J connectivity index is 1.66. The molecule has 1 saturated heterocycles. The van der Waals surface area contributed by atoms with Crippen molar-refractivity contribution in [2.24, 2.45) is 5.92 Å². The average molecular weight is 277 g/mol. The third-order valence-electron chi connectivity index (χ3n) is 3.24. The molecular formula is C13H15N3O2S. The predicted molar refractivity (Wildman–Crippen MR) is 75.4 cm³/mol. The number of anilines is 2. The van der Waals surface area contributed by atoms with Gasteiger partial charge in [-0.05, 0) is 37.2 Å². The summed E-state index contributed by atoms with van der Waals surface area (Å²) in [6.07, 6.45) is 0.547. The quantitative estimate of drug-likeness (QED) is 0.778. The zero-order chi connectivity index (χ0) is 13.2. The molecule has 1 fully saturated rings. The first-order valence-corrected chi connectivity index (χ1v) is 7.26. The summed E-state index contributed by atoms with van der Waals surface area (Å²) in [6, 6.07) is 5.62. The van der Waals surface area contributed by atoms with E-state index in [1.807, 2.05) is 18.2 Å². The van der Waals surface area contributed by atoms with Crippen molar-refractivity contribution < 1.29 is 9.59 Å². The van der Waals surface area contributed by atoms with Gasteiger partial charge in [0, 0.05) is 17.0 Å². The third kappa shape index (κ3) is 2.90. The highest BCUT2D eigenvalue weighted by Crippen LogP contribution is 2.33. The van der Waals surface area contributed by atoms with Gasteiger partial charge in [0.25, 0.3) is 0 Å². The Labute approximate surface area is 115 Å². The van der Waals surface area contributed by atoms with E-state index in [2.05, 4.69) is 16.0 Å². The molecule has 100 valence electrons. The Bertz CT molecular complexity index is 529. The highest BCUT2D eigenvalue weighted by molar-refractivity contribution is 8.00. The number of fused-ring (bicyclic) bond motifs is 1. The van der Waals surface area contributed by atoms with Crippen molar-refractivity contribution in [1.29, 1.82) is 0 Å². The van der Waals surface area contributed by atoms with Crippen LogP contribution < -0.4 is 16.0 Å². The first-order valence-electron chi connectivity index (χ1n) is 6.28. The topological polar surface area (TPSA) is 70.2 Å². The molecule has 0 spiro atoms. The van der Waals surface area contributed by atoms with Gasteiger partial charge in [-0.2, -0.15) is 0 Å². The molecular weight excluding hydrogens is 262 g/mol. The highest BCUT2D eigenvalue weighted by atomic mass is 32.2. The maximum atomic E-state index is 11.8. The zero-order valence-corrected chi connectivity index (χ0v) is 11.2. The molecule has 3 N–H and O–H groups in total. The van der Waals surface area contributed by atoms with Crippen molar-refractivity contribution in [3.05, 3.63) is 18.2 Å². The average Bonchev–Trinajstić information content (AvgIpc) is 2.33. The molecule has 0 unspecified atom stereocenters. The summed E-state index contributed by atoms with van der Waals surface area (Å²) in [4.78, 5) is 24.2. The summed E-state index contributed by atoms with van der Waals surface area (Å²) < 4.78 is 0. The Kier molecular flexibility index (Phi) is 3.44. The van der Waals surface area contributed by atoms with Crippen LogP contribution in [-0.2, 0) is 9.59 Å². The van der Waals surface area contributed by atoms with Crippen LogP contribution in [0.2, 0.25) is 0 Å². The van der Waals surface area contributed by atoms with Crippen LogP contribution in [0.25, 0.3) is 0 Å². The minimum Gasteiger partial charge on any atom is -0.326 e. The van der Waals surface area contributed by atoms with E-state index >= 15 is 0 Å². The third-order valence-corrected chi connectivity index (χ3v) is 4.31. The second kappa shape index (κ2) is 5.22. The number of benzene rings is 1. The van der Waals surface area contributed by atoms with E-state index in [9.17, 15) is 9.59 Å². The largest absolute Gasteiger partial charge is 0.326 e. The molecule has 0 bridgehead atoms. The lowest BCUT2D eigenvalue weighted by atomic mass is 9.99. The van der Waals surface area contributed by atoms with Gasteiger partial charge in [-0.15, -0.1) is 11.8 Å². The molecule has 2 amide bonds. The van der Waals surface area contributed by atoms with Gasteiger partial charge in [0.2, 0.25) is 11.8 Å². The zero-order valence-electron chi connectivity index (χ0n) is 10.4. The lowest BCUT2D eigenvalue weighted by Crippen LogP contribution is -2.43. The number of nitrogens with one attached hydrogen (secondary N) is 3. The number of hydrogen-bond donors (Lipinski definition) is 3. The van der Waals surface area contributed by atoms with Crippen molar-refractivity contribution in [3.8, 4) is 0 Å². The standard InChI is InChI=1S/C13H15N3O2S/c17-12(3-8-5-14-6-8)15-9-1-2-11-10(4-9)16-13(18)7-19-11/h1-2,4,8,14H,3,5-7H2,(H,15,17)(H,16,18). The molecule has 0 saturated carbocycles. The van der Waals surface area contributed by atoms with Gasteiger partial charge < -0.3 is 16.0 Å². The van der Waals surface area contributed by atoms with Crippen LogP contribution in [0.4, 0.5) is 11.4 Å². The number of carbonyl (C=O) groups excluding carboxylic acids is 2. The SMILES string of the molecule is O=C(CC1CNC1)Nc1ccc2c(c1)NC(=O)CS2. The van der Waals surface area contributed by atoms with Gasteiger partial charge in [-0.3, -0.25) is 9.59 Å². The number of thioether (sulfide) groups is 1. The first kappa shape index (κ1) is 12.5. The van der Waals surface area contributed by atoms with E-state index in [1.54, 1.807) is 0 Å². The maximum Gasteiger partial charge on any atom is 0.234 e. The normalized spacial score (nSPS) is 18.2. The van der Waals surface area contributed by atoms with Crippen molar-refractivity contribution in [1.82, 2.24) is 5.32 Å². The van der Waals surface area contributed by atoms with E-state index in [1.165, 1.54) is 11.8 Å². The molecule has 19 heavy (non-hydrogen) atoms. The molecule has 0 radical (unpaired) electrons. The molecule has 6 heteroatoms. The van der Waals surface area contributed by atoms with Crippen LogP contribution in [0, 0.1) is 5.92 Å². The predicted octanol–water partition coefficient (Wildman–Crippen LogP) is 1.28. The number of carbonyl (C=O) groups is 2. The number of amides is 2. The van der Waals surface area contributed by atoms with Crippen LogP contribution >= 0.6 is 11.8 Å².